The van der Waals surface area contributed by atoms with Crippen LogP contribution >= 0.6 is 27.3 Å². The minimum absolute atomic E-state index is 0.200. The molecule has 112 valence electrons. The summed E-state index contributed by atoms with van der Waals surface area (Å²) in [6, 6.07) is 11.2. The molecule has 2 heterocycles. The first kappa shape index (κ1) is 14.9. The standard InChI is InChI=1S/C15H12BrN3O2S/c1-2-21-15-17-13(12-8-5-9-22-12)19(18-15)14(20)10-6-3-4-7-11(10)16/h3-9H,2H2,1H3. The lowest BCUT2D eigenvalue weighted by molar-refractivity contribution is 0.0944. The predicted molar refractivity (Wildman–Crippen MR) is 88.4 cm³/mol. The molecule has 5 nitrogen and oxygen atoms in total. The van der Waals surface area contributed by atoms with Crippen molar-refractivity contribution in [2.75, 3.05) is 6.61 Å². The number of ether oxygens (including phenoxy) is 1. The molecule has 0 amide bonds. The van der Waals surface area contributed by atoms with E-state index in [2.05, 4.69) is 26.0 Å². The quantitative estimate of drug-likeness (QED) is 0.692. The van der Waals surface area contributed by atoms with Gasteiger partial charge in [0.05, 0.1) is 17.0 Å². The van der Waals surface area contributed by atoms with Crippen molar-refractivity contribution < 1.29 is 9.53 Å². The lowest BCUT2D eigenvalue weighted by Crippen LogP contribution is -2.15. The van der Waals surface area contributed by atoms with Gasteiger partial charge < -0.3 is 4.74 Å². The zero-order valence-electron chi connectivity index (χ0n) is 11.7. The van der Waals surface area contributed by atoms with E-state index in [4.69, 9.17) is 4.74 Å². The maximum absolute atomic E-state index is 12.8. The topological polar surface area (TPSA) is 57.0 Å². The van der Waals surface area contributed by atoms with Gasteiger partial charge in [0.1, 0.15) is 0 Å². The second kappa shape index (κ2) is 6.41. The Morgan fingerprint density at radius 1 is 1.32 bits per heavy atom. The number of aromatic nitrogens is 3. The number of carbonyl (C=O) groups excluding carboxylic acids is 1. The molecule has 0 fully saturated rings. The lowest BCUT2D eigenvalue weighted by Gasteiger charge is -2.04. The largest absolute Gasteiger partial charge is 0.463 e. The summed E-state index contributed by atoms with van der Waals surface area (Å²) in [4.78, 5) is 18.0. The molecule has 0 aliphatic carbocycles. The number of benzene rings is 1. The summed E-state index contributed by atoms with van der Waals surface area (Å²) in [6.45, 7) is 2.29. The van der Waals surface area contributed by atoms with E-state index in [0.29, 0.717) is 22.5 Å². The van der Waals surface area contributed by atoms with E-state index in [0.717, 1.165) is 4.88 Å². The molecule has 0 unspecified atom stereocenters. The Kier molecular flexibility index (Phi) is 4.35. The third kappa shape index (κ3) is 2.82. The van der Waals surface area contributed by atoms with Crippen LogP contribution in [-0.2, 0) is 0 Å². The summed E-state index contributed by atoms with van der Waals surface area (Å²) in [5.74, 6) is 0.230. The Morgan fingerprint density at radius 2 is 2.14 bits per heavy atom. The molecule has 0 bridgehead atoms. The molecule has 3 aromatic rings. The van der Waals surface area contributed by atoms with Crippen LogP contribution in [0.2, 0.25) is 0 Å². The van der Waals surface area contributed by atoms with Gasteiger partial charge in [-0.25, -0.2) is 0 Å². The fourth-order valence-electron chi connectivity index (χ4n) is 1.94. The summed E-state index contributed by atoms with van der Waals surface area (Å²) >= 11 is 4.89. The van der Waals surface area contributed by atoms with Crippen molar-refractivity contribution in [3.8, 4) is 16.7 Å². The molecule has 0 saturated carbocycles. The highest BCUT2D eigenvalue weighted by atomic mass is 79.9. The Hall–Kier alpha value is -1.99. The van der Waals surface area contributed by atoms with Gasteiger partial charge in [0, 0.05) is 4.47 Å². The molecule has 0 aliphatic rings. The fraction of sp³-hybridized carbons (Fsp3) is 0.133. The van der Waals surface area contributed by atoms with Crippen LogP contribution in [0, 0.1) is 0 Å². The summed E-state index contributed by atoms with van der Waals surface area (Å²) in [5.41, 5.74) is 0.522. The van der Waals surface area contributed by atoms with Crippen molar-refractivity contribution in [1.29, 1.82) is 0 Å². The van der Waals surface area contributed by atoms with Crippen LogP contribution in [0.1, 0.15) is 17.3 Å². The van der Waals surface area contributed by atoms with Crippen molar-refractivity contribution in [3.63, 3.8) is 0 Å². The van der Waals surface area contributed by atoms with Gasteiger partial charge >= 0.3 is 6.01 Å². The van der Waals surface area contributed by atoms with Crippen LogP contribution in [0.3, 0.4) is 0 Å². The van der Waals surface area contributed by atoms with Gasteiger partial charge in [-0.1, -0.05) is 18.2 Å². The molecule has 0 saturated heterocycles. The van der Waals surface area contributed by atoms with Crippen LogP contribution in [-0.4, -0.2) is 27.3 Å². The van der Waals surface area contributed by atoms with Gasteiger partial charge in [-0.2, -0.15) is 9.67 Å². The molecule has 7 heteroatoms. The van der Waals surface area contributed by atoms with Crippen molar-refractivity contribution >= 4 is 33.2 Å². The monoisotopic (exact) mass is 377 g/mol. The SMILES string of the molecule is CCOc1nc(-c2cccs2)n(C(=O)c2ccccc2Br)n1. The molecule has 22 heavy (non-hydrogen) atoms. The Balaban J connectivity index is 2.09. The maximum Gasteiger partial charge on any atom is 0.336 e. The Labute approximate surface area is 139 Å². The van der Waals surface area contributed by atoms with Gasteiger partial charge in [-0.15, -0.1) is 16.4 Å². The van der Waals surface area contributed by atoms with Gasteiger partial charge in [0.15, 0.2) is 5.82 Å². The molecule has 0 aliphatic heterocycles. The van der Waals surface area contributed by atoms with Gasteiger partial charge in [0.25, 0.3) is 5.91 Å². The number of carbonyl (C=O) groups is 1. The smallest absolute Gasteiger partial charge is 0.336 e. The van der Waals surface area contributed by atoms with Crippen molar-refractivity contribution in [3.05, 3.63) is 51.8 Å². The molecule has 0 atom stereocenters. The summed E-state index contributed by atoms with van der Waals surface area (Å²) in [6.07, 6.45) is 0. The van der Waals surface area contributed by atoms with E-state index in [1.54, 1.807) is 6.07 Å². The van der Waals surface area contributed by atoms with Crippen LogP contribution in [0.15, 0.2) is 46.3 Å². The average molecular weight is 378 g/mol. The number of rotatable bonds is 4. The molecule has 0 radical (unpaired) electrons. The van der Waals surface area contributed by atoms with E-state index in [1.165, 1.54) is 16.0 Å². The lowest BCUT2D eigenvalue weighted by atomic mass is 10.2. The van der Waals surface area contributed by atoms with Crippen molar-refractivity contribution in [1.82, 2.24) is 14.8 Å². The molecule has 3 rings (SSSR count). The summed E-state index contributed by atoms with van der Waals surface area (Å²) in [5, 5.41) is 6.12. The normalized spacial score (nSPS) is 10.6. The van der Waals surface area contributed by atoms with Crippen LogP contribution in [0.4, 0.5) is 0 Å². The van der Waals surface area contributed by atoms with E-state index < -0.39 is 0 Å². The van der Waals surface area contributed by atoms with Crippen LogP contribution in [0.5, 0.6) is 6.01 Å². The summed E-state index contributed by atoms with van der Waals surface area (Å²) in [7, 11) is 0. The number of nitrogens with zero attached hydrogens (tertiary/aromatic N) is 3. The zero-order chi connectivity index (χ0) is 15.5. The average Bonchev–Trinajstić information content (AvgIpc) is 3.16. The number of halogens is 1. The molecule has 0 spiro atoms. The highest BCUT2D eigenvalue weighted by Gasteiger charge is 2.21. The van der Waals surface area contributed by atoms with Crippen LogP contribution < -0.4 is 4.74 Å². The molecule has 0 N–H and O–H groups in total. The molecule has 1 aromatic carbocycles. The first-order valence-electron chi connectivity index (χ1n) is 6.63. The first-order chi connectivity index (χ1) is 10.7. The van der Waals surface area contributed by atoms with E-state index in [-0.39, 0.29) is 11.9 Å². The van der Waals surface area contributed by atoms with E-state index in [1.807, 2.05) is 42.6 Å². The minimum Gasteiger partial charge on any atom is -0.463 e. The molecular formula is C15H12BrN3O2S. The van der Waals surface area contributed by atoms with Crippen LogP contribution in [0.25, 0.3) is 10.7 Å². The van der Waals surface area contributed by atoms with E-state index in [9.17, 15) is 4.79 Å². The molecular weight excluding hydrogens is 366 g/mol. The number of hydrogen-bond donors (Lipinski definition) is 0. The van der Waals surface area contributed by atoms with Crippen molar-refractivity contribution in [2.45, 2.75) is 6.92 Å². The van der Waals surface area contributed by atoms with E-state index >= 15 is 0 Å². The summed E-state index contributed by atoms with van der Waals surface area (Å²) < 4.78 is 7.34. The second-order valence-corrected chi connectivity index (χ2v) is 6.13. The minimum atomic E-state index is -0.255. The Morgan fingerprint density at radius 3 is 2.82 bits per heavy atom. The highest BCUT2D eigenvalue weighted by molar-refractivity contribution is 9.10. The Bertz CT molecular complexity index is 799. The molecule has 2 aromatic heterocycles. The maximum atomic E-state index is 12.8. The van der Waals surface area contributed by atoms with Gasteiger partial charge in [-0.05, 0) is 46.4 Å². The zero-order valence-corrected chi connectivity index (χ0v) is 14.1. The number of thiophene rings is 1. The van der Waals surface area contributed by atoms with Gasteiger partial charge in [0.2, 0.25) is 0 Å². The third-order valence-electron chi connectivity index (χ3n) is 2.90. The fourth-order valence-corrected chi connectivity index (χ4v) is 3.09. The van der Waals surface area contributed by atoms with Crippen molar-refractivity contribution in [2.24, 2.45) is 0 Å². The van der Waals surface area contributed by atoms with Gasteiger partial charge in [-0.3, -0.25) is 4.79 Å². The number of hydrogen-bond acceptors (Lipinski definition) is 5. The predicted octanol–water partition coefficient (Wildman–Crippen LogP) is 3.86. The second-order valence-electron chi connectivity index (χ2n) is 4.33. The first-order valence-corrected chi connectivity index (χ1v) is 8.31. The third-order valence-corrected chi connectivity index (χ3v) is 4.46. The highest BCUT2D eigenvalue weighted by Crippen LogP contribution is 2.26.